The molecule has 1 heterocycles. The Balaban J connectivity index is 0.00000192. The topological polar surface area (TPSA) is 32.3 Å². The van der Waals surface area contributed by atoms with E-state index in [1.807, 2.05) is 53.4 Å². The highest BCUT2D eigenvalue weighted by atomic mass is 35.5. The van der Waals surface area contributed by atoms with Crippen LogP contribution in [-0.2, 0) is 4.79 Å². The summed E-state index contributed by atoms with van der Waals surface area (Å²) in [5, 5.41) is 3.12. The highest BCUT2D eigenvalue weighted by molar-refractivity contribution is 8.00. The molecule has 0 spiro atoms. The van der Waals surface area contributed by atoms with Gasteiger partial charge in [0.05, 0.1) is 0 Å². The number of piperazine rings is 1. The molecule has 122 valence electrons. The number of nitrogens with zero attached hydrogens (tertiary/aromatic N) is 1. The van der Waals surface area contributed by atoms with Gasteiger partial charge in [-0.3, -0.25) is 4.79 Å². The van der Waals surface area contributed by atoms with Gasteiger partial charge >= 0.3 is 0 Å². The Morgan fingerprint density at radius 2 is 1.52 bits per heavy atom. The number of nitrogens with one attached hydrogen (secondary N) is 1. The van der Waals surface area contributed by atoms with Crippen LogP contribution in [0, 0.1) is 0 Å². The summed E-state index contributed by atoms with van der Waals surface area (Å²) in [4.78, 5) is 16.1. The Bertz CT molecular complexity index is 603. The molecule has 3 rings (SSSR count). The molecule has 0 radical (unpaired) electrons. The molecule has 1 atom stereocenters. The monoisotopic (exact) mass is 348 g/mol. The van der Waals surface area contributed by atoms with Gasteiger partial charge in [-0.1, -0.05) is 48.5 Å². The fourth-order valence-corrected chi connectivity index (χ4v) is 3.70. The van der Waals surface area contributed by atoms with Gasteiger partial charge < -0.3 is 10.2 Å². The fraction of sp³-hybridized carbons (Fsp3) is 0.278. The van der Waals surface area contributed by atoms with E-state index in [0.717, 1.165) is 36.6 Å². The first kappa shape index (κ1) is 17.9. The van der Waals surface area contributed by atoms with E-state index in [1.165, 1.54) is 0 Å². The third-order valence-electron chi connectivity index (χ3n) is 3.75. The van der Waals surface area contributed by atoms with Crippen LogP contribution in [-0.4, -0.2) is 37.0 Å². The van der Waals surface area contributed by atoms with Gasteiger partial charge in [0.25, 0.3) is 0 Å². The molecule has 0 aliphatic carbocycles. The van der Waals surface area contributed by atoms with Crippen molar-refractivity contribution in [1.82, 2.24) is 10.2 Å². The van der Waals surface area contributed by atoms with Crippen LogP contribution in [0.25, 0.3) is 0 Å². The lowest BCUT2D eigenvalue weighted by molar-refractivity contribution is -0.131. The van der Waals surface area contributed by atoms with Gasteiger partial charge in [0.2, 0.25) is 5.91 Å². The van der Waals surface area contributed by atoms with Crippen molar-refractivity contribution in [1.29, 1.82) is 0 Å². The molecule has 23 heavy (non-hydrogen) atoms. The highest BCUT2D eigenvalue weighted by Gasteiger charge is 2.27. The van der Waals surface area contributed by atoms with Gasteiger partial charge in [-0.2, -0.15) is 0 Å². The van der Waals surface area contributed by atoms with Gasteiger partial charge in [0, 0.05) is 31.1 Å². The minimum Gasteiger partial charge on any atom is -0.339 e. The van der Waals surface area contributed by atoms with Crippen LogP contribution < -0.4 is 5.32 Å². The lowest BCUT2D eigenvalue weighted by atomic mass is 10.1. The smallest absolute Gasteiger partial charge is 0.240 e. The number of rotatable bonds is 4. The summed E-state index contributed by atoms with van der Waals surface area (Å²) in [6.45, 7) is 3.33. The van der Waals surface area contributed by atoms with Crippen LogP contribution in [0.15, 0.2) is 65.6 Å². The number of hydrogen-bond acceptors (Lipinski definition) is 3. The van der Waals surface area contributed by atoms with Crippen molar-refractivity contribution in [2.45, 2.75) is 10.1 Å². The lowest BCUT2D eigenvalue weighted by Crippen LogP contribution is -2.47. The average Bonchev–Trinajstić information content (AvgIpc) is 2.61. The third-order valence-corrected chi connectivity index (χ3v) is 5.01. The number of amides is 1. The molecular formula is C18H21ClN2OS. The quantitative estimate of drug-likeness (QED) is 0.860. The largest absolute Gasteiger partial charge is 0.339 e. The molecule has 3 nitrogen and oxygen atoms in total. The zero-order chi connectivity index (χ0) is 15.2. The first-order valence-electron chi connectivity index (χ1n) is 7.61. The Morgan fingerprint density at radius 1 is 0.957 bits per heavy atom. The van der Waals surface area contributed by atoms with E-state index in [-0.39, 0.29) is 23.6 Å². The molecule has 1 fully saturated rings. The van der Waals surface area contributed by atoms with Crippen LogP contribution in [0.3, 0.4) is 0 Å². The van der Waals surface area contributed by atoms with E-state index in [4.69, 9.17) is 0 Å². The number of halogens is 1. The van der Waals surface area contributed by atoms with Crippen LogP contribution >= 0.6 is 24.2 Å². The molecule has 5 heteroatoms. The predicted octanol–water partition coefficient (Wildman–Crippen LogP) is 3.37. The summed E-state index contributed by atoms with van der Waals surface area (Å²) < 4.78 is 0. The van der Waals surface area contributed by atoms with Gasteiger partial charge in [-0.05, 0) is 17.7 Å². The maximum atomic E-state index is 13.0. The lowest BCUT2D eigenvalue weighted by Gasteiger charge is -2.31. The van der Waals surface area contributed by atoms with Gasteiger partial charge in [-0.15, -0.1) is 24.2 Å². The number of thioether (sulfide) groups is 1. The molecule has 1 aliphatic heterocycles. The van der Waals surface area contributed by atoms with Gasteiger partial charge in [0.15, 0.2) is 0 Å². The van der Waals surface area contributed by atoms with E-state index in [0.29, 0.717) is 0 Å². The zero-order valence-electron chi connectivity index (χ0n) is 12.9. The van der Waals surface area contributed by atoms with E-state index < -0.39 is 0 Å². The summed E-state index contributed by atoms with van der Waals surface area (Å²) in [6.07, 6.45) is 0. The van der Waals surface area contributed by atoms with Gasteiger partial charge in [-0.25, -0.2) is 0 Å². The molecule has 1 N–H and O–H groups in total. The first-order valence-corrected chi connectivity index (χ1v) is 8.49. The number of hydrogen-bond donors (Lipinski definition) is 1. The van der Waals surface area contributed by atoms with E-state index >= 15 is 0 Å². The minimum atomic E-state index is -0.179. The summed E-state index contributed by atoms with van der Waals surface area (Å²) in [5.74, 6) is 0.210. The van der Waals surface area contributed by atoms with Crippen molar-refractivity contribution in [2.24, 2.45) is 0 Å². The highest BCUT2D eigenvalue weighted by Crippen LogP contribution is 2.36. The third kappa shape index (κ3) is 4.74. The molecule has 2 aromatic rings. The van der Waals surface area contributed by atoms with E-state index in [2.05, 4.69) is 17.4 Å². The second-order valence-corrected chi connectivity index (χ2v) is 6.48. The van der Waals surface area contributed by atoms with Crippen molar-refractivity contribution in [3.63, 3.8) is 0 Å². The van der Waals surface area contributed by atoms with E-state index in [9.17, 15) is 4.79 Å². The summed E-state index contributed by atoms with van der Waals surface area (Å²) in [7, 11) is 0. The van der Waals surface area contributed by atoms with Crippen LogP contribution in [0.1, 0.15) is 10.8 Å². The Hall–Kier alpha value is -1.49. The van der Waals surface area contributed by atoms with Crippen LogP contribution in [0.4, 0.5) is 0 Å². The maximum Gasteiger partial charge on any atom is 0.240 e. The predicted molar refractivity (Wildman–Crippen MR) is 98.2 cm³/mol. The van der Waals surface area contributed by atoms with Gasteiger partial charge in [0.1, 0.15) is 5.25 Å². The summed E-state index contributed by atoms with van der Waals surface area (Å²) in [5.41, 5.74) is 1.07. The molecule has 2 aromatic carbocycles. The first-order chi connectivity index (χ1) is 10.8. The van der Waals surface area contributed by atoms with Crippen molar-refractivity contribution >= 4 is 30.1 Å². The number of benzene rings is 2. The van der Waals surface area contributed by atoms with Crippen molar-refractivity contribution in [3.05, 3.63) is 66.2 Å². The minimum absolute atomic E-state index is 0. The second-order valence-electron chi connectivity index (χ2n) is 5.30. The Morgan fingerprint density at radius 3 is 2.13 bits per heavy atom. The average molecular weight is 349 g/mol. The normalized spacial score (nSPS) is 15.6. The maximum absolute atomic E-state index is 13.0. The SMILES string of the molecule is Cl.O=C(C(Sc1ccccc1)c1ccccc1)N1CCNCC1. The zero-order valence-corrected chi connectivity index (χ0v) is 14.5. The second kappa shape index (κ2) is 8.96. The van der Waals surface area contributed by atoms with Crippen molar-refractivity contribution in [3.8, 4) is 0 Å². The molecule has 1 amide bonds. The molecule has 1 saturated heterocycles. The van der Waals surface area contributed by atoms with Crippen molar-refractivity contribution in [2.75, 3.05) is 26.2 Å². The molecule has 1 aliphatic rings. The van der Waals surface area contributed by atoms with Crippen LogP contribution in [0.2, 0.25) is 0 Å². The summed E-state index contributed by atoms with van der Waals surface area (Å²) in [6, 6.07) is 20.2. The molecular weight excluding hydrogens is 328 g/mol. The number of carbonyl (C=O) groups excluding carboxylic acids is 1. The summed E-state index contributed by atoms with van der Waals surface area (Å²) >= 11 is 1.63. The number of carbonyl (C=O) groups is 1. The molecule has 0 aromatic heterocycles. The molecule has 1 unspecified atom stereocenters. The fourth-order valence-electron chi connectivity index (χ4n) is 2.58. The Labute approximate surface area is 147 Å². The molecule has 0 bridgehead atoms. The Kier molecular flexibility index (Phi) is 6.96. The van der Waals surface area contributed by atoms with Crippen molar-refractivity contribution < 1.29 is 4.79 Å². The van der Waals surface area contributed by atoms with E-state index in [1.54, 1.807) is 11.8 Å². The standard InChI is InChI=1S/C18H20N2OS.ClH/c21-18(20-13-11-19-12-14-20)17(15-7-3-1-4-8-15)22-16-9-5-2-6-10-16;/h1-10,17,19H,11-14H2;1H. The molecule has 0 saturated carbocycles. The van der Waals surface area contributed by atoms with Crippen LogP contribution in [0.5, 0.6) is 0 Å².